The zero-order valence-corrected chi connectivity index (χ0v) is 16.4. The number of rotatable bonds is 6. The van der Waals surface area contributed by atoms with E-state index in [0.29, 0.717) is 21.7 Å². The molecule has 2 atom stereocenters. The maximum absolute atomic E-state index is 12.9. The number of carbonyl (C=O) groups excluding carboxylic acids is 1. The van der Waals surface area contributed by atoms with Crippen LogP contribution < -0.4 is 10.9 Å². The minimum absolute atomic E-state index is 0.0334. The van der Waals surface area contributed by atoms with Crippen molar-refractivity contribution in [3.8, 4) is 6.07 Å². The maximum atomic E-state index is 12.9. The van der Waals surface area contributed by atoms with Gasteiger partial charge in [0.2, 0.25) is 0 Å². The van der Waals surface area contributed by atoms with E-state index in [4.69, 9.17) is 5.26 Å². The van der Waals surface area contributed by atoms with Crippen LogP contribution in [0.2, 0.25) is 0 Å². The van der Waals surface area contributed by atoms with Crippen molar-refractivity contribution < 1.29 is 4.79 Å². The summed E-state index contributed by atoms with van der Waals surface area (Å²) in [5.41, 5.74) is 0.0261. The Labute approximate surface area is 159 Å². The Hall–Kier alpha value is -2.18. The summed E-state index contributed by atoms with van der Waals surface area (Å²) in [6.45, 7) is 5.14. The first kappa shape index (κ1) is 18.6. The van der Waals surface area contributed by atoms with Crippen LogP contribution >= 0.6 is 22.9 Å². The molecule has 2 N–H and O–H groups in total. The fourth-order valence-electron chi connectivity index (χ4n) is 3.28. The molecule has 9 heteroatoms. The summed E-state index contributed by atoms with van der Waals surface area (Å²) >= 11 is 2.34. The molecule has 1 amide bonds. The lowest BCUT2D eigenvalue weighted by molar-refractivity contribution is 0.0707. The number of carbonyl (C=O) groups is 1. The SMILES string of the molecule is CCCCC1C(C)CCN1C(=O)c1csc(Nc2s[nH]c(=O)c2C#N)n1. The number of unbranched alkanes of at least 4 members (excludes halogenated alkanes) is 1. The summed E-state index contributed by atoms with van der Waals surface area (Å²) in [4.78, 5) is 30.7. The van der Waals surface area contributed by atoms with Gasteiger partial charge >= 0.3 is 0 Å². The van der Waals surface area contributed by atoms with Crippen LogP contribution in [0.4, 0.5) is 10.1 Å². The van der Waals surface area contributed by atoms with Crippen molar-refractivity contribution in [1.29, 1.82) is 5.26 Å². The highest BCUT2D eigenvalue weighted by molar-refractivity contribution is 7.15. The first-order valence-corrected chi connectivity index (χ1v) is 10.4. The van der Waals surface area contributed by atoms with E-state index < -0.39 is 5.56 Å². The number of amides is 1. The van der Waals surface area contributed by atoms with Gasteiger partial charge in [0, 0.05) is 18.0 Å². The summed E-state index contributed by atoms with van der Waals surface area (Å²) < 4.78 is 2.52. The molecule has 0 aliphatic carbocycles. The minimum atomic E-state index is -0.419. The summed E-state index contributed by atoms with van der Waals surface area (Å²) in [6, 6.07) is 2.15. The number of nitrogens with zero attached hydrogens (tertiary/aromatic N) is 3. The highest BCUT2D eigenvalue weighted by Crippen LogP contribution is 2.31. The standard InChI is InChI=1S/C17H21N5O2S2/c1-3-4-5-13-10(2)6-7-22(13)16(24)12-9-25-17(19-12)20-15-11(8-18)14(23)21-26-15/h9-10,13H,3-7H2,1-2H3,(H,19,20)(H,21,23). The number of anilines is 2. The van der Waals surface area contributed by atoms with E-state index in [1.165, 1.54) is 11.3 Å². The molecule has 2 unspecified atom stereocenters. The average Bonchev–Trinajstić information content (AvgIpc) is 3.33. The molecule has 0 saturated carbocycles. The van der Waals surface area contributed by atoms with E-state index >= 15 is 0 Å². The van der Waals surface area contributed by atoms with Crippen molar-refractivity contribution in [3.05, 3.63) is 27.0 Å². The van der Waals surface area contributed by atoms with Gasteiger partial charge in [-0.25, -0.2) is 4.98 Å². The Kier molecular flexibility index (Phi) is 5.74. The number of aromatic nitrogens is 2. The molecule has 0 radical (unpaired) electrons. The molecule has 7 nitrogen and oxygen atoms in total. The van der Waals surface area contributed by atoms with E-state index in [-0.39, 0.29) is 17.5 Å². The van der Waals surface area contributed by atoms with E-state index in [2.05, 4.69) is 28.5 Å². The van der Waals surface area contributed by atoms with Crippen molar-refractivity contribution in [1.82, 2.24) is 14.3 Å². The Morgan fingerprint density at radius 2 is 2.38 bits per heavy atom. The number of nitrogens with one attached hydrogen (secondary N) is 2. The van der Waals surface area contributed by atoms with Crippen LogP contribution in [0.3, 0.4) is 0 Å². The maximum Gasteiger partial charge on any atom is 0.278 e. The van der Waals surface area contributed by atoms with Crippen molar-refractivity contribution >= 4 is 38.9 Å². The molecule has 3 heterocycles. The lowest BCUT2D eigenvalue weighted by atomic mass is 9.97. The molecule has 1 aliphatic heterocycles. The fourth-order valence-corrected chi connectivity index (χ4v) is 4.72. The number of aromatic amines is 1. The number of H-pyrrole nitrogens is 1. The first-order chi connectivity index (χ1) is 12.5. The zero-order valence-electron chi connectivity index (χ0n) is 14.7. The van der Waals surface area contributed by atoms with Gasteiger partial charge in [0.15, 0.2) is 10.7 Å². The second-order valence-corrected chi connectivity index (χ2v) is 8.16. The van der Waals surface area contributed by atoms with E-state index in [1.54, 1.807) is 5.38 Å². The van der Waals surface area contributed by atoms with Gasteiger partial charge in [-0.05, 0) is 30.3 Å². The van der Waals surface area contributed by atoms with Gasteiger partial charge in [0.05, 0.1) is 0 Å². The molecule has 0 aromatic carbocycles. The molecule has 1 saturated heterocycles. The van der Waals surface area contributed by atoms with Crippen molar-refractivity contribution in [2.24, 2.45) is 5.92 Å². The van der Waals surface area contributed by atoms with Crippen LogP contribution in [0.1, 0.15) is 55.6 Å². The quantitative estimate of drug-likeness (QED) is 0.784. The third kappa shape index (κ3) is 3.66. The van der Waals surface area contributed by atoms with Crippen LogP contribution in [0.15, 0.2) is 10.2 Å². The predicted octanol–water partition coefficient (Wildman–Crippen LogP) is 3.55. The molecule has 2 aromatic heterocycles. The smallest absolute Gasteiger partial charge is 0.278 e. The second kappa shape index (κ2) is 8.01. The van der Waals surface area contributed by atoms with Crippen LogP contribution in [-0.4, -0.2) is 32.8 Å². The van der Waals surface area contributed by atoms with Crippen molar-refractivity contribution in [2.75, 3.05) is 11.9 Å². The lowest BCUT2D eigenvalue weighted by Gasteiger charge is -2.26. The van der Waals surface area contributed by atoms with Crippen LogP contribution in [-0.2, 0) is 0 Å². The van der Waals surface area contributed by atoms with Gasteiger partial charge in [0.1, 0.15) is 16.8 Å². The number of thiazole rings is 1. The third-order valence-electron chi connectivity index (χ3n) is 4.75. The predicted molar refractivity (Wildman–Crippen MR) is 103 cm³/mol. The highest BCUT2D eigenvalue weighted by atomic mass is 32.1. The number of nitriles is 1. The van der Waals surface area contributed by atoms with Crippen molar-refractivity contribution in [3.63, 3.8) is 0 Å². The fraction of sp³-hybridized carbons (Fsp3) is 0.529. The highest BCUT2D eigenvalue weighted by Gasteiger charge is 2.35. The largest absolute Gasteiger partial charge is 0.334 e. The van der Waals surface area contributed by atoms with E-state index in [9.17, 15) is 9.59 Å². The third-order valence-corrected chi connectivity index (χ3v) is 6.31. The van der Waals surface area contributed by atoms with Gasteiger partial charge in [-0.2, -0.15) is 5.26 Å². The molecule has 0 spiro atoms. The number of hydrogen-bond acceptors (Lipinski definition) is 7. The van der Waals surface area contributed by atoms with Gasteiger partial charge in [0.25, 0.3) is 11.5 Å². The molecule has 0 bridgehead atoms. The van der Waals surface area contributed by atoms with Crippen LogP contribution in [0.5, 0.6) is 0 Å². The molecule has 1 fully saturated rings. The second-order valence-electron chi connectivity index (χ2n) is 6.49. The molecular weight excluding hydrogens is 370 g/mol. The minimum Gasteiger partial charge on any atom is -0.334 e. The Balaban J connectivity index is 1.73. The summed E-state index contributed by atoms with van der Waals surface area (Å²) in [7, 11) is 0. The van der Waals surface area contributed by atoms with Crippen LogP contribution in [0.25, 0.3) is 0 Å². The topological polar surface area (TPSA) is 102 Å². The summed E-state index contributed by atoms with van der Waals surface area (Å²) in [6.07, 6.45) is 4.29. The Morgan fingerprint density at radius 1 is 1.58 bits per heavy atom. The van der Waals surface area contributed by atoms with Gasteiger partial charge in [-0.15, -0.1) is 11.3 Å². The molecule has 1 aliphatic rings. The molecule has 138 valence electrons. The Bertz CT molecular complexity index is 878. The summed E-state index contributed by atoms with van der Waals surface area (Å²) in [5, 5.41) is 14.7. The molecule has 3 rings (SSSR count). The monoisotopic (exact) mass is 391 g/mol. The Morgan fingerprint density at radius 3 is 3.12 bits per heavy atom. The average molecular weight is 392 g/mol. The number of likely N-dealkylation sites (tertiary alicyclic amines) is 1. The summed E-state index contributed by atoms with van der Waals surface area (Å²) in [5.74, 6) is 0.472. The van der Waals surface area contributed by atoms with Crippen LogP contribution in [0, 0.1) is 17.2 Å². The zero-order chi connectivity index (χ0) is 18.7. The van der Waals surface area contributed by atoms with Gasteiger partial charge in [-0.3, -0.25) is 14.0 Å². The normalized spacial score (nSPS) is 19.5. The first-order valence-electron chi connectivity index (χ1n) is 8.70. The lowest BCUT2D eigenvalue weighted by Crippen LogP contribution is -2.37. The van der Waals surface area contributed by atoms with Gasteiger partial charge < -0.3 is 10.2 Å². The molecule has 2 aromatic rings. The number of hydrogen-bond donors (Lipinski definition) is 2. The van der Waals surface area contributed by atoms with E-state index in [1.807, 2.05) is 11.0 Å². The molecular formula is C17H21N5O2S2. The molecule has 26 heavy (non-hydrogen) atoms. The van der Waals surface area contributed by atoms with Gasteiger partial charge in [-0.1, -0.05) is 26.7 Å². The van der Waals surface area contributed by atoms with E-state index in [0.717, 1.165) is 43.8 Å². The van der Waals surface area contributed by atoms with Crippen molar-refractivity contribution in [2.45, 2.75) is 45.6 Å².